The van der Waals surface area contributed by atoms with Gasteiger partial charge in [-0.05, 0) is 165 Å². The number of Topliss-reactive ketones (excluding diaryl/α,β-unsaturated/α-hetero) is 2. The standard InChI is InChI=1S/C58H89N5O6/c1-43(25-21-27-45(3)30-32-49-47(5)54(65)51(41-57(49,7)8)68-53(64)29-13-16-36-61-37-17-14-34-59)23-11-12-24-44(2)26-22-28-46(4)31-33-50-48(6)55(66)52(42-58(50,9)10)69-56(67)63-40-20-19-39-62-38-18-15-35-60/h11-12,21-28,30-33,51-52,61-62H,13-20,29,34-42,59-60H2,1-10H3,(H,63,67)/b12-11+,25-21+,26-22+,32-30+,33-31+,43-23+,44-24+,45-27+,46-28+. The van der Waals surface area contributed by atoms with Gasteiger partial charge < -0.3 is 36.9 Å². The van der Waals surface area contributed by atoms with E-state index in [2.05, 4.69) is 81.8 Å². The van der Waals surface area contributed by atoms with Crippen LogP contribution in [0.5, 0.6) is 0 Å². The van der Waals surface area contributed by atoms with E-state index in [4.69, 9.17) is 20.9 Å². The average Bonchev–Trinajstić information content (AvgIpc) is 3.28. The fourth-order valence-corrected chi connectivity index (χ4v) is 8.27. The van der Waals surface area contributed by atoms with Crippen LogP contribution in [0.4, 0.5) is 4.79 Å². The van der Waals surface area contributed by atoms with Crippen molar-refractivity contribution < 1.29 is 28.7 Å². The zero-order chi connectivity index (χ0) is 51.2. The maximum atomic E-state index is 13.3. The highest BCUT2D eigenvalue weighted by Crippen LogP contribution is 2.42. The Bertz CT molecular complexity index is 2040. The number of carbonyl (C=O) groups is 4. The Labute approximate surface area is 416 Å². The van der Waals surface area contributed by atoms with Crippen molar-refractivity contribution in [3.8, 4) is 0 Å². The second kappa shape index (κ2) is 32.8. The number of unbranched alkanes of at least 4 members (excludes halogenated alkanes) is 4. The van der Waals surface area contributed by atoms with E-state index in [9.17, 15) is 19.2 Å². The maximum Gasteiger partial charge on any atom is 0.407 e. The molecule has 11 nitrogen and oxygen atoms in total. The topological polar surface area (TPSA) is 175 Å². The van der Waals surface area contributed by atoms with Gasteiger partial charge >= 0.3 is 12.1 Å². The third-order valence-electron chi connectivity index (χ3n) is 12.4. The zero-order valence-electron chi connectivity index (χ0n) is 44.1. The highest BCUT2D eigenvalue weighted by Gasteiger charge is 2.41. The number of hydrogen-bond donors (Lipinski definition) is 5. The number of ether oxygens (including phenoxy) is 2. The van der Waals surface area contributed by atoms with Crippen LogP contribution in [0.1, 0.15) is 140 Å². The summed E-state index contributed by atoms with van der Waals surface area (Å²) in [7, 11) is 0. The molecule has 0 radical (unpaired) electrons. The summed E-state index contributed by atoms with van der Waals surface area (Å²) in [6, 6.07) is 0. The van der Waals surface area contributed by atoms with Crippen LogP contribution in [0.15, 0.2) is 130 Å². The summed E-state index contributed by atoms with van der Waals surface area (Å²) in [5, 5.41) is 9.55. The normalized spacial score (nSPS) is 19.7. The molecular weight excluding hydrogens is 863 g/mol. The van der Waals surface area contributed by atoms with E-state index in [-0.39, 0.29) is 28.4 Å². The van der Waals surface area contributed by atoms with E-state index >= 15 is 0 Å². The van der Waals surface area contributed by atoms with Crippen molar-refractivity contribution in [3.63, 3.8) is 0 Å². The van der Waals surface area contributed by atoms with Gasteiger partial charge in [-0.1, -0.05) is 135 Å². The van der Waals surface area contributed by atoms with Crippen LogP contribution in [0.3, 0.4) is 0 Å². The SMILES string of the molecule is CC1=C(/C=C/C(C)=C/C=C/C(C)=C/C=C/C=C(C)/C=C/C=C(C)/C=C/C2=C(C)C(=O)C(OC(=O)NCCCCNCCCCN)CC2(C)C)C(C)(C)CC(OC(=O)CCCCNCCCCN)C1=O. The Morgan fingerprint density at radius 1 is 0.551 bits per heavy atom. The fourth-order valence-electron chi connectivity index (χ4n) is 8.27. The molecule has 0 aromatic heterocycles. The highest BCUT2D eigenvalue weighted by atomic mass is 16.6. The Kier molecular flexibility index (Phi) is 28.6. The van der Waals surface area contributed by atoms with Crippen LogP contribution in [0.2, 0.25) is 0 Å². The first-order valence-electron chi connectivity index (χ1n) is 25.4. The highest BCUT2D eigenvalue weighted by molar-refractivity contribution is 6.02. The van der Waals surface area contributed by atoms with E-state index in [1.54, 1.807) is 0 Å². The molecule has 0 heterocycles. The number of amides is 1. The van der Waals surface area contributed by atoms with Crippen LogP contribution in [-0.4, -0.2) is 81.7 Å². The summed E-state index contributed by atoms with van der Waals surface area (Å²) in [5.41, 5.74) is 17.9. The summed E-state index contributed by atoms with van der Waals surface area (Å²) in [5.74, 6) is -0.575. The minimum atomic E-state index is -0.804. The lowest BCUT2D eigenvalue weighted by atomic mass is 9.71. The Morgan fingerprint density at radius 3 is 1.38 bits per heavy atom. The molecule has 69 heavy (non-hydrogen) atoms. The summed E-state index contributed by atoms with van der Waals surface area (Å²) in [6.07, 6.45) is 35.1. The van der Waals surface area contributed by atoms with Crippen LogP contribution < -0.4 is 27.4 Å². The van der Waals surface area contributed by atoms with Gasteiger partial charge in [0.15, 0.2) is 23.8 Å². The molecule has 0 saturated carbocycles. The number of esters is 1. The second-order valence-electron chi connectivity index (χ2n) is 19.8. The van der Waals surface area contributed by atoms with Crippen LogP contribution in [-0.2, 0) is 23.9 Å². The molecule has 0 aromatic rings. The largest absolute Gasteiger partial charge is 0.454 e. The summed E-state index contributed by atoms with van der Waals surface area (Å²) in [6.45, 7) is 25.7. The first-order valence-corrected chi connectivity index (χ1v) is 25.4. The molecule has 7 N–H and O–H groups in total. The predicted octanol–water partition coefficient (Wildman–Crippen LogP) is 10.8. The first-order chi connectivity index (χ1) is 32.8. The van der Waals surface area contributed by atoms with Crippen molar-refractivity contribution in [3.05, 3.63) is 130 Å². The molecule has 2 atom stereocenters. The quantitative estimate of drug-likeness (QED) is 0.0265. The van der Waals surface area contributed by atoms with E-state index in [1.165, 1.54) is 0 Å². The van der Waals surface area contributed by atoms with Crippen LogP contribution >= 0.6 is 0 Å². The van der Waals surface area contributed by atoms with E-state index in [1.807, 2.05) is 88.5 Å². The number of carbonyl (C=O) groups excluding carboxylic acids is 4. The summed E-state index contributed by atoms with van der Waals surface area (Å²) < 4.78 is 11.3. The molecule has 2 aliphatic carbocycles. The Morgan fingerprint density at radius 2 is 0.928 bits per heavy atom. The third-order valence-corrected chi connectivity index (χ3v) is 12.4. The molecule has 2 rings (SSSR count). The van der Waals surface area contributed by atoms with Crippen molar-refractivity contribution in [2.24, 2.45) is 22.3 Å². The average molecular weight is 952 g/mol. The van der Waals surface area contributed by atoms with E-state index in [0.29, 0.717) is 50.0 Å². The molecule has 0 aliphatic heterocycles. The molecule has 0 aromatic carbocycles. The van der Waals surface area contributed by atoms with Gasteiger partial charge in [0, 0.05) is 25.8 Å². The number of allylic oxidation sites excluding steroid dienone is 20. The Hall–Kier alpha value is -4.94. The van der Waals surface area contributed by atoms with Gasteiger partial charge in [-0.2, -0.15) is 0 Å². The molecule has 0 fully saturated rings. The summed E-state index contributed by atoms with van der Waals surface area (Å²) >= 11 is 0. The van der Waals surface area contributed by atoms with Gasteiger partial charge in [0.25, 0.3) is 0 Å². The van der Waals surface area contributed by atoms with Crippen LogP contribution in [0, 0.1) is 10.8 Å². The zero-order valence-corrected chi connectivity index (χ0v) is 44.1. The monoisotopic (exact) mass is 952 g/mol. The van der Waals surface area contributed by atoms with Crippen molar-refractivity contribution in [1.82, 2.24) is 16.0 Å². The molecule has 1 amide bonds. The van der Waals surface area contributed by atoms with Gasteiger partial charge in [-0.15, -0.1) is 0 Å². The molecule has 0 saturated heterocycles. The van der Waals surface area contributed by atoms with Crippen molar-refractivity contribution in [2.75, 3.05) is 45.8 Å². The fraction of sp³-hybridized carbons (Fsp3) is 0.552. The number of alkyl carbamates (subject to hydrolysis) is 1. The van der Waals surface area contributed by atoms with Gasteiger partial charge in [0.2, 0.25) is 0 Å². The second-order valence-corrected chi connectivity index (χ2v) is 19.8. The maximum absolute atomic E-state index is 13.3. The van der Waals surface area contributed by atoms with Gasteiger partial charge in [-0.3, -0.25) is 14.4 Å². The lowest BCUT2D eigenvalue weighted by molar-refractivity contribution is -0.156. The predicted molar refractivity (Wildman–Crippen MR) is 286 cm³/mol. The number of hydrogen-bond acceptors (Lipinski definition) is 10. The third kappa shape index (κ3) is 24.0. The van der Waals surface area contributed by atoms with Gasteiger partial charge in [0.05, 0.1) is 0 Å². The van der Waals surface area contributed by atoms with Crippen molar-refractivity contribution in [2.45, 2.75) is 152 Å². The van der Waals surface area contributed by atoms with Crippen molar-refractivity contribution in [1.29, 1.82) is 0 Å². The number of nitrogens with one attached hydrogen (secondary N) is 3. The smallest absolute Gasteiger partial charge is 0.407 e. The van der Waals surface area contributed by atoms with Crippen molar-refractivity contribution >= 4 is 23.6 Å². The minimum Gasteiger partial charge on any atom is -0.454 e. The van der Waals surface area contributed by atoms with Crippen LogP contribution in [0.25, 0.3) is 0 Å². The molecule has 0 spiro atoms. The number of ketones is 2. The lowest BCUT2D eigenvalue weighted by Crippen LogP contribution is -2.41. The summed E-state index contributed by atoms with van der Waals surface area (Å²) in [4.78, 5) is 51.7. The number of nitrogens with two attached hydrogens (primary N) is 2. The molecule has 2 aliphatic rings. The molecule has 0 bridgehead atoms. The Balaban J connectivity index is 1.87. The van der Waals surface area contributed by atoms with E-state index < -0.39 is 18.3 Å². The molecule has 11 heteroatoms. The molecular formula is C58H89N5O6. The molecule has 382 valence electrons. The minimum absolute atomic E-state index is 0.115. The van der Waals surface area contributed by atoms with Gasteiger partial charge in [-0.25, -0.2) is 4.79 Å². The van der Waals surface area contributed by atoms with E-state index in [0.717, 1.165) is 111 Å². The van der Waals surface area contributed by atoms with Gasteiger partial charge in [0.1, 0.15) is 0 Å². The first kappa shape index (κ1) is 60.2. The molecule has 2 unspecified atom stereocenters. The number of rotatable bonds is 30. The lowest BCUT2D eigenvalue weighted by Gasteiger charge is -2.36.